The first kappa shape index (κ1) is 27.9. The smallest absolute Gasteiger partial charge is 0.240 e. The summed E-state index contributed by atoms with van der Waals surface area (Å²) in [5, 5.41) is 28.6. The van der Waals surface area contributed by atoms with E-state index in [0.29, 0.717) is 19.0 Å². The van der Waals surface area contributed by atoms with Gasteiger partial charge in [0.25, 0.3) is 0 Å². The van der Waals surface area contributed by atoms with Crippen molar-refractivity contribution in [2.75, 3.05) is 25.0 Å². The van der Waals surface area contributed by atoms with Gasteiger partial charge in [0.2, 0.25) is 5.91 Å². The molecule has 0 aliphatic carbocycles. The van der Waals surface area contributed by atoms with Crippen LogP contribution in [0, 0.1) is 24.7 Å². The van der Waals surface area contributed by atoms with Gasteiger partial charge in [0.1, 0.15) is 12.1 Å². The van der Waals surface area contributed by atoms with E-state index in [1.807, 2.05) is 67.6 Å². The van der Waals surface area contributed by atoms with Gasteiger partial charge in [-0.1, -0.05) is 59.9 Å². The maximum Gasteiger partial charge on any atom is 0.240 e. The summed E-state index contributed by atoms with van der Waals surface area (Å²) in [7, 11) is 0. The van der Waals surface area contributed by atoms with Crippen LogP contribution in [0.5, 0.6) is 0 Å². The minimum absolute atomic E-state index is 0.206. The first-order valence-corrected chi connectivity index (χ1v) is 13.9. The summed E-state index contributed by atoms with van der Waals surface area (Å²) in [4.78, 5) is 19.5. The molecule has 5 rings (SSSR count). The topological polar surface area (TPSA) is 94.1 Å². The number of hydroxylamine groups is 2. The number of aryl methyl sites for hydroxylation is 1. The summed E-state index contributed by atoms with van der Waals surface area (Å²) in [6.07, 6.45) is -0.706. The van der Waals surface area contributed by atoms with Crippen LogP contribution >= 0.6 is 0 Å². The van der Waals surface area contributed by atoms with Crippen LogP contribution in [0.3, 0.4) is 0 Å². The molecule has 2 aliphatic rings. The van der Waals surface area contributed by atoms with Crippen LogP contribution < -0.4 is 10.6 Å². The molecule has 1 saturated heterocycles. The number of para-hydroxylation sites is 1. The zero-order valence-electron chi connectivity index (χ0n) is 23.0. The maximum atomic E-state index is 13.4. The Hall–Kier alpha value is -3.67. The number of nitrogens with one attached hydrogen (secondary N) is 2. The minimum atomic E-state index is -0.835. The average Bonchev–Trinajstić information content (AvgIpc) is 3.55. The average molecular weight is 540 g/mol. The van der Waals surface area contributed by atoms with E-state index in [0.717, 1.165) is 35.3 Å². The van der Waals surface area contributed by atoms with Gasteiger partial charge in [-0.15, -0.1) is 0 Å². The molecular formula is C33H37N3O4. The maximum absolute atomic E-state index is 13.4. The number of aliphatic hydroxyl groups excluding tert-OH is 2. The first-order chi connectivity index (χ1) is 19.4. The van der Waals surface area contributed by atoms with E-state index in [1.54, 1.807) is 12.0 Å². The number of hydrogen-bond donors (Lipinski definition) is 4. The van der Waals surface area contributed by atoms with E-state index in [9.17, 15) is 15.0 Å². The Morgan fingerprint density at radius 2 is 1.75 bits per heavy atom. The predicted molar refractivity (Wildman–Crippen MR) is 155 cm³/mol. The third-order valence-corrected chi connectivity index (χ3v) is 7.78. The highest BCUT2D eigenvalue weighted by atomic mass is 16.7. The van der Waals surface area contributed by atoms with Gasteiger partial charge < -0.3 is 20.8 Å². The zero-order valence-corrected chi connectivity index (χ0v) is 23.0. The molecule has 1 amide bonds. The Labute approximate surface area is 236 Å². The van der Waals surface area contributed by atoms with Gasteiger partial charge >= 0.3 is 0 Å². The molecule has 0 aromatic heterocycles. The number of carbonyl (C=O) groups is 1. The molecule has 0 saturated carbocycles. The predicted octanol–water partition coefficient (Wildman–Crippen LogP) is 3.58. The molecule has 3 aromatic rings. The Bertz CT molecular complexity index is 1360. The van der Waals surface area contributed by atoms with Crippen molar-refractivity contribution in [2.24, 2.45) is 5.92 Å². The molecule has 0 radical (unpaired) electrons. The summed E-state index contributed by atoms with van der Waals surface area (Å²) in [6, 6.07) is 23.5. The van der Waals surface area contributed by atoms with Crippen molar-refractivity contribution in [3.63, 3.8) is 0 Å². The van der Waals surface area contributed by atoms with Crippen molar-refractivity contribution in [3.8, 4) is 11.8 Å². The van der Waals surface area contributed by atoms with Crippen LogP contribution in [0.15, 0.2) is 72.8 Å². The normalized spacial score (nSPS) is 22.6. The standard InChI is InChI=1S/C33H37N3O4/c1-22-7-9-24(10-8-22)11-12-25-13-15-26(16-14-25)20-36-31(29(21-37)32(40-36)23(2)38)33(39)34-18-17-27-19-35-30-6-4-3-5-28(27)30/h3-10,13-16,23,27,29,31-32,35,37-38H,17-21H2,1-2H3,(H,34,39)/t23-,27?,29-,31-,32-/m0/s1. The molecule has 3 aromatic carbocycles. The second-order valence-electron chi connectivity index (χ2n) is 10.7. The lowest BCUT2D eigenvalue weighted by Gasteiger charge is -2.24. The number of aliphatic hydroxyl groups is 2. The fourth-order valence-corrected chi connectivity index (χ4v) is 5.55. The minimum Gasteiger partial charge on any atom is -0.396 e. The van der Waals surface area contributed by atoms with Crippen LogP contribution in [0.4, 0.5) is 5.69 Å². The number of rotatable bonds is 8. The Morgan fingerprint density at radius 1 is 1.07 bits per heavy atom. The lowest BCUT2D eigenvalue weighted by Crippen LogP contribution is -2.47. The van der Waals surface area contributed by atoms with Gasteiger partial charge in [-0.3, -0.25) is 9.63 Å². The Kier molecular flexibility index (Phi) is 8.83. The quantitative estimate of drug-likeness (QED) is 0.327. The summed E-state index contributed by atoms with van der Waals surface area (Å²) in [5.41, 5.74) is 6.42. The zero-order chi connectivity index (χ0) is 28.1. The highest BCUT2D eigenvalue weighted by Gasteiger charge is 2.48. The SMILES string of the molecule is Cc1ccc(C#Cc2ccc(CN3O[C@@H]([C@H](C)O)[C@@H](CO)[C@H]3C(=O)NCCC3CNc4ccccc43)cc2)cc1. The molecule has 1 unspecified atom stereocenters. The molecule has 40 heavy (non-hydrogen) atoms. The fourth-order valence-electron chi connectivity index (χ4n) is 5.55. The number of hydrogen-bond acceptors (Lipinski definition) is 6. The molecule has 5 atom stereocenters. The van der Waals surface area contributed by atoms with Crippen LogP contribution in [-0.2, 0) is 16.2 Å². The highest BCUT2D eigenvalue weighted by molar-refractivity contribution is 5.82. The number of anilines is 1. The first-order valence-electron chi connectivity index (χ1n) is 13.9. The number of benzene rings is 3. The number of fused-ring (bicyclic) bond motifs is 1. The summed E-state index contributed by atoms with van der Waals surface area (Å²) >= 11 is 0. The summed E-state index contributed by atoms with van der Waals surface area (Å²) in [5.74, 6) is 5.95. The van der Waals surface area contributed by atoms with Crippen LogP contribution in [0.1, 0.15) is 47.1 Å². The van der Waals surface area contributed by atoms with Gasteiger partial charge in [-0.05, 0) is 61.7 Å². The molecule has 2 aliphatic heterocycles. The third kappa shape index (κ3) is 6.38. The van der Waals surface area contributed by atoms with Crippen molar-refractivity contribution in [3.05, 3.63) is 101 Å². The third-order valence-electron chi connectivity index (χ3n) is 7.78. The van der Waals surface area contributed by atoms with Gasteiger partial charge in [-0.2, -0.15) is 5.06 Å². The van der Waals surface area contributed by atoms with Gasteiger partial charge in [0.15, 0.2) is 0 Å². The largest absolute Gasteiger partial charge is 0.396 e. The molecule has 208 valence electrons. The molecule has 4 N–H and O–H groups in total. The molecule has 7 nitrogen and oxygen atoms in total. The van der Waals surface area contributed by atoms with Crippen molar-refractivity contribution < 1.29 is 19.8 Å². The monoisotopic (exact) mass is 539 g/mol. The molecule has 0 bridgehead atoms. The van der Waals surface area contributed by atoms with E-state index in [2.05, 4.69) is 34.6 Å². The number of carbonyl (C=O) groups excluding carboxylic acids is 1. The summed E-state index contributed by atoms with van der Waals surface area (Å²) < 4.78 is 0. The van der Waals surface area contributed by atoms with Crippen molar-refractivity contribution in [1.29, 1.82) is 0 Å². The summed E-state index contributed by atoms with van der Waals surface area (Å²) in [6.45, 7) is 5.10. The molecule has 7 heteroatoms. The van der Waals surface area contributed by atoms with E-state index in [-0.39, 0.29) is 12.5 Å². The Balaban J connectivity index is 1.24. The van der Waals surface area contributed by atoms with Gasteiger partial charge in [0.05, 0.1) is 19.3 Å². The van der Waals surface area contributed by atoms with Crippen molar-refractivity contribution in [2.45, 2.75) is 51.0 Å². The lowest BCUT2D eigenvalue weighted by atomic mass is 9.91. The number of amides is 1. The van der Waals surface area contributed by atoms with Crippen LogP contribution in [-0.4, -0.2) is 59.1 Å². The molecule has 2 heterocycles. The lowest BCUT2D eigenvalue weighted by molar-refractivity contribution is -0.192. The highest BCUT2D eigenvalue weighted by Crippen LogP contribution is 2.34. The van der Waals surface area contributed by atoms with Gasteiger partial charge in [0, 0.05) is 41.7 Å². The van der Waals surface area contributed by atoms with Gasteiger partial charge in [-0.25, -0.2) is 0 Å². The fraction of sp³-hybridized carbons (Fsp3) is 0.364. The van der Waals surface area contributed by atoms with Crippen molar-refractivity contribution >= 4 is 11.6 Å². The Morgan fingerprint density at radius 3 is 2.42 bits per heavy atom. The van der Waals surface area contributed by atoms with E-state index < -0.39 is 24.2 Å². The molecular weight excluding hydrogens is 502 g/mol. The molecule has 0 spiro atoms. The van der Waals surface area contributed by atoms with Crippen LogP contribution in [0.25, 0.3) is 0 Å². The second kappa shape index (κ2) is 12.7. The number of nitrogens with zero attached hydrogens (tertiary/aromatic N) is 1. The van der Waals surface area contributed by atoms with E-state index in [1.165, 1.54) is 11.1 Å². The molecule has 1 fully saturated rings. The van der Waals surface area contributed by atoms with E-state index >= 15 is 0 Å². The van der Waals surface area contributed by atoms with Crippen LogP contribution in [0.2, 0.25) is 0 Å². The van der Waals surface area contributed by atoms with E-state index in [4.69, 9.17) is 4.84 Å². The van der Waals surface area contributed by atoms with Crippen molar-refractivity contribution in [1.82, 2.24) is 10.4 Å². The second-order valence-corrected chi connectivity index (χ2v) is 10.7.